The highest BCUT2D eigenvalue weighted by atomic mass is 32.2. The van der Waals surface area contributed by atoms with E-state index in [9.17, 15) is 18.0 Å². The zero-order chi connectivity index (χ0) is 19.8. The minimum absolute atomic E-state index is 0.0662. The lowest BCUT2D eigenvalue weighted by molar-refractivity contribution is -0.121. The summed E-state index contributed by atoms with van der Waals surface area (Å²) in [5.74, 6) is 0.499. The number of methoxy groups -OCH3 is 2. The van der Waals surface area contributed by atoms with E-state index in [0.29, 0.717) is 34.5 Å². The first-order valence-corrected chi connectivity index (χ1v) is 10.2. The molecule has 8 nitrogen and oxygen atoms in total. The van der Waals surface area contributed by atoms with Crippen molar-refractivity contribution in [1.82, 2.24) is 5.32 Å². The van der Waals surface area contributed by atoms with Crippen molar-refractivity contribution >= 4 is 26.7 Å². The smallest absolute Gasteiger partial charge is 0.340 e. The van der Waals surface area contributed by atoms with Crippen LogP contribution in [-0.2, 0) is 21.1 Å². The van der Waals surface area contributed by atoms with Crippen LogP contribution in [-0.4, -0.2) is 46.1 Å². The lowest BCUT2D eigenvalue weighted by Crippen LogP contribution is -2.37. The third-order valence-corrected chi connectivity index (χ3v) is 6.49. The molecule has 0 bridgehead atoms. The van der Waals surface area contributed by atoms with Gasteiger partial charge in [-0.3, -0.25) is 4.79 Å². The van der Waals surface area contributed by atoms with Gasteiger partial charge < -0.3 is 19.2 Å². The Morgan fingerprint density at radius 1 is 1.26 bits per heavy atom. The SMILES string of the molecule is COc1cc2oc(=O)c(CC(=O)NC3CCS(=O)(=O)C3)c(C)c2cc1OC. The summed E-state index contributed by atoms with van der Waals surface area (Å²) in [7, 11) is -0.109. The predicted octanol–water partition coefficient (Wildman–Crippen LogP) is 0.964. The molecular weight excluding hydrogens is 374 g/mol. The van der Waals surface area contributed by atoms with Gasteiger partial charge in [0, 0.05) is 17.5 Å². The monoisotopic (exact) mass is 395 g/mol. The number of hydrogen-bond acceptors (Lipinski definition) is 7. The van der Waals surface area contributed by atoms with Crippen LogP contribution in [0.25, 0.3) is 11.0 Å². The third-order valence-electron chi connectivity index (χ3n) is 4.73. The van der Waals surface area contributed by atoms with Crippen LogP contribution in [0.15, 0.2) is 21.3 Å². The van der Waals surface area contributed by atoms with Crippen molar-refractivity contribution < 1.29 is 27.1 Å². The molecule has 1 aliphatic rings. The second-order valence-corrected chi connectivity index (χ2v) is 8.77. The number of benzene rings is 1. The summed E-state index contributed by atoms with van der Waals surface area (Å²) in [4.78, 5) is 24.7. The molecule has 0 radical (unpaired) electrons. The van der Waals surface area contributed by atoms with Gasteiger partial charge in [0.25, 0.3) is 0 Å². The van der Waals surface area contributed by atoms with E-state index in [1.54, 1.807) is 19.1 Å². The summed E-state index contributed by atoms with van der Waals surface area (Å²) in [6.07, 6.45) is 0.200. The van der Waals surface area contributed by atoms with E-state index in [1.807, 2.05) is 0 Å². The maximum Gasteiger partial charge on any atom is 0.340 e. The summed E-state index contributed by atoms with van der Waals surface area (Å²) in [5.41, 5.74) is 0.562. The number of carbonyl (C=O) groups is 1. The van der Waals surface area contributed by atoms with Gasteiger partial charge in [-0.05, 0) is 25.0 Å². The fourth-order valence-corrected chi connectivity index (χ4v) is 4.94. The van der Waals surface area contributed by atoms with Crippen molar-refractivity contribution in [2.45, 2.75) is 25.8 Å². The molecular formula is C18H21NO7S. The summed E-state index contributed by atoms with van der Waals surface area (Å²) < 4.78 is 38.9. The Kier molecular flexibility index (Phi) is 5.14. The van der Waals surface area contributed by atoms with E-state index in [0.717, 1.165) is 0 Å². The van der Waals surface area contributed by atoms with Gasteiger partial charge in [-0.2, -0.15) is 0 Å². The number of ether oxygens (including phenoxy) is 2. The second-order valence-electron chi connectivity index (χ2n) is 6.54. The first kappa shape index (κ1) is 19.2. The number of aryl methyl sites for hydroxylation is 1. The lowest BCUT2D eigenvalue weighted by Gasteiger charge is -2.13. The van der Waals surface area contributed by atoms with E-state index < -0.39 is 27.4 Å². The normalized spacial score (nSPS) is 18.4. The molecule has 2 aromatic rings. The van der Waals surface area contributed by atoms with E-state index >= 15 is 0 Å². The summed E-state index contributed by atoms with van der Waals surface area (Å²) in [6.45, 7) is 1.73. The number of nitrogens with one attached hydrogen (secondary N) is 1. The Bertz CT molecular complexity index is 1060. The fourth-order valence-electron chi connectivity index (χ4n) is 3.27. The van der Waals surface area contributed by atoms with Gasteiger partial charge >= 0.3 is 5.63 Å². The molecule has 1 aromatic heterocycles. The molecule has 0 aliphatic carbocycles. The molecule has 27 heavy (non-hydrogen) atoms. The highest BCUT2D eigenvalue weighted by Gasteiger charge is 2.29. The maximum atomic E-state index is 12.4. The van der Waals surface area contributed by atoms with Crippen molar-refractivity contribution in [1.29, 1.82) is 0 Å². The van der Waals surface area contributed by atoms with Crippen LogP contribution >= 0.6 is 0 Å². The molecule has 9 heteroatoms. The molecule has 1 unspecified atom stereocenters. The molecule has 1 atom stereocenters. The number of hydrogen-bond donors (Lipinski definition) is 1. The molecule has 146 valence electrons. The van der Waals surface area contributed by atoms with Gasteiger partial charge in [-0.25, -0.2) is 13.2 Å². The Labute approximate surface area is 156 Å². The maximum absolute atomic E-state index is 12.4. The lowest BCUT2D eigenvalue weighted by atomic mass is 10.0. The highest BCUT2D eigenvalue weighted by Crippen LogP contribution is 2.33. The summed E-state index contributed by atoms with van der Waals surface area (Å²) in [6, 6.07) is 2.84. The molecule has 1 amide bonds. The molecule has 0 spiro atoms. The molecule has 0 saturated carbocycles. The van der Waals surface area contributed by atoms with Crippen LogP contribution in [0.3, 0.4) is 0 Å². The Hall–Kier alpha value is -2.55. The summed E-state index contributed by atoms with van der Waals surface area (Å²) >= 11 is 0. The van der Waals surface area contributed by atoms with Gasteiger partial charge in [0.1, 0.15) is 5.58 Å². The average Bonchev–Trinajstić information content (AvgIpc) is 2.95. The quantitative estimate of drug-likeness (QED) is 0.751. The zero-order valence-electron chi connectivity index (χ0n) is 15.3. The molecule has 1 aliphatic heterocycles. The van der Waals surface area contributed by atoms with Gasteiger partial charge in [0.15, 0.2) is 21.3 Å². The number of sulfone groups is 1. The van der Waals surface area contributed by atoms with Crippen molar-refractivity contribution in [3.63, 3.8) is 0 Å². The Balaban J connectivity index is 1.90. The van der Waals surface area contributed by atoms with Crippen molar-refractivity contribution in [3.8, 4) is 11.5 Å². The van der Waals surface area contributed by atoms with Gasteiger partial charge in [-0.15, -0.1) is 0 Å². The third kappa shape index (κ3) is 3.92. The van der Waals surface area contributed by atoms with Crippen LogP contribution in [0.4, 0.5) is 0 Å². The van der Waals surface area contributed by atoms with Crippen molar-refractivity contribution in [3.05, 3.63) is 33.7 Å². The topological polar surface area (TPSA) is 112 Å². The first-order valence-electron chi connectivity index (χ1n) is 8.42. The Morgan fingerprint density at radius 2 is 1.93 bits per heavy atom. The van der Waals surface area contributed by atoms with Crippen molar-refractivity contribution in [2.24, 2.45) is 0 Å². The van der Waals surface area contributed by atoms with Crippen molar-refractivity contribution in [2.75, 3.05) is 25.7 Å². The van der Waals surface area contributed by atoms with Crippen LogP contribution in [0.2, 0.25) is 0 Å². The van der Waals surface area contributed by atoms with E-state index in [2.05, 4.69) is 5.32 Å². The van der Waals surface area contributed by atoms with Crippen LogP contribution < -0.4 is 20.4 Å². The fraction of sp³-hybridized carbons (Fsp3) is 0.444. The van der Waals surface area contributed by atoms with Gasteiger partial charge in [-0.1, -0.05) is 0 Å². The Morgan fingerprint density at radius 3 is 2.52 bits per heavy atom. The summed E-state index contributed by atoms with van der Waals surface area (Å²) in [5, 5.41) is 3.32. The highest BCUT2D eigenvalue weighted by molar-refractivity contribution is 7.91. The van der Waals surface area contributed by atoms with E-state index in [4.69, 9.17) is 13.9 Å². The molecule has 3 rings (SSSR count). The minimum atomic E-state index is -3.09. The predicted molar refractivity (Wildman–Crippen MR) is 99.2 cm³/mol. The standard InChI is InChI=1S/C18H21NO7S/c1-10-12-6-15(24-2)16(25-3)8-14(12)26-18(21)13(10)7-17(20)19-11-4-5-27(22,23)9-11/h6,8,11H,4-5,7,9H2,1-3H3,(H,19,20). The second kappa shape index (κ2) is 7.22. The van der Waals surface area contributed by atoms with Gasteiger partial charge in [0.05, 0.1) is 37.7 Å². The van der Waals surface area contributed by atoms with Crippen LogP contribution in [0.5, 0.6) is 11.5 Å². The molecule has 1 saturated heterocycles. The van der Waals surface area contributed by atoms with Crippen LogP contribution in [0, 0.1) is 6.92 Å². The van der Waals surface area contributed by atoms with Gasteiger partial charge in [0.2, 0.25) is 5.91 Å². The number of amides is 1. The number of carbonyl (C=O) groups excluding carboxylic acids is 1. The van der Waals surface area contributed by atoms with Crippen LogP contribution in [0.1, 0.15) is 17.5 Å². The molecule has 1 N–H and O–H groups in total. The number of rotatable bonds is 5. The zero-order valence-corrected chi connectivity index (χ0v) is 16.1. The minimum Gasteiger partial charge on any atom is -0.493 e. The average molecular weight is 395 g/mol. The number of fused-ring (bicyclic) bond motifs is 1. The molecule has 1 fully saturated rings. The molecule has 2 heterocycles. The molecule has 1 aromatic carbocycles. The van der Waals surface area contributed by atoms with E-state index in [-0.39, 0.29) is 23.5 Å². The first-order chi connectivity index (χ1) is 12.7. The van der Waals surface area contributed by atoms with E-state index in [1.165, 1.54) is 14.2 Å². The largest absolute Gasteiger partial charge is 0.493 e.